The van der Waals surface area contributed by atoms with Crippen molar-refractivity contribution in [3.05, 3.63) is 122 Å². The summed E-state index contributed by atoms with van der Waals surface area (Å²) >= 11 is 0. The molecule has 432 valence electrons. The van der Waals surface area contributed by atoms with Gasteiger partial charge in [-0.25, -0.2) is 0 Å². The second kappa shape index (κ2) is 63.3. The number of hydrogen-bond acceptors (Lipinski definition) is 6. The molecule has 0 radical (unpaired) electrons. The van der Waals surface area contributed by atoms with Crippen LogP contribution < -0.4 is 0 Å². The smallest absolute Gasteiger partial charge is 0.306 e. The minimum absolute atomic E-state index is 0.0959. The molecule has 0 fully saturated rings. The highest BCUT2D eigenvalue weighted by molar-refractivity contribution is 5.71. The van der Waals surface area contributed by atoms with Gasteiger partial charge in [0, 0.05) is 19.3 Å². The molecule has 0 saturated carbocycles. The zero-order valence-electron chi connectivity index (χ0n) is 49.5. The minimum Gasteiger partial charge on any atom is -0.462 e. The number of unbranched alkanes of at least 4 members (excludes halogenated alkanes) is 25. The van der Waals surface area contributed by atoms with Crippen LogP contribution in [0.15, 0.2) is 122 Å². The SMILES string of the molecule is CC/C=C\C/C=C\C/C=C\C/C=C\C/C=C\C/C=C\CCCCC(=O)OC(COC(=O)CCCCCCCCCCCCCC)COC(=O)CCCCCCCCCCCCCC/C=C\C/C=C\C/C=C\C/C=C\CC. The number of carbonyl (C=O) groups excluding carboxylic acids is 3. The average Bonchev–Trinajstić information content (AvgIpc) is 3.42. The number of allylic oxidation sites excluding steroid dienone is 20. The van der Waals surface area contributed by atoms with E-state index in [0.29, 0.717) is 19.3 Å². The lowest BCUT2D eigenvalue weighted by Crippen LogP contribution is -2.30. The topological polar surface area (TPSA) is 78.9 Å². The lowest BCUT2D eigenvalue weighted by atomic mass is 10.0. The number of hydrogen-bond donors (Lipinski definition) is 0. The number of rotatable bonds is 56. The van der Waals surface area contributed by atoms with E-state index in [2.05, 4.69) is 142 Å². The normalized spacial score (nSPS) is 12.9. The molecule has 0 N–H and O–H groups in total. The summed E-state index contributed by atoms with van der Waals surface area (Å²) in [5.41, 5.74) is 0. The second-order valence-electron chi connectivity index (χ2n) is 20.6. The van der Waals surface area contributed by atoms with E-state index < -0.39 is 6.10 Å². The van der Waals surface area contributed by atoms with E-state index in [1.54, 1.807) is 0 Å². The fourth-order valence-corrected chi connectivity index (χ4v) is 8.56. The van der Waals surface area contributed by atoms with Crippen LogP contribution in [0.3, 0.4) is 0 Å². The quantitative estimate of drug-likeness (QED) is 0.0261. The van der Waals surface area contributed by atoms with Gasteiger partial charge in [0.1, 0.15) is 13.2 Å². The molecule has 6 nitrogen and oxygen atoms in total. The highest BCUT2D eigenvalue weighted by Gasteiger charge is 2.19. The molecule has 1 unspecified atom stereocenters. The third-order valence-electron chi connectivity index (χ3n) is 13.2. The maximum absolute atomic E-state index is 12.9. The summed E-state index contributed by atoms with van der Waals surface area (Å²) in [4.78, 5) is 38.3. The van der Waals surface area contributed by atoms with E-state index >= 15 is 0 Å². The first-order valence-corrected chi connectivity index (χ1v) is 31.5. The molecule has 0 amide bonds. The molecule has 0 rings (SSSR count). The highest BCUT2D eigenvalue weighted by atomic mass is 16.6. The summed E-state index contributed by atoms with van der Waals surface area (Å²) in [5, 5.41) is 0. The fraction of sp³-hybridized carbons (Fsp3) is 0.671. The Morgan fingerprint density at radius 3 is 0.829 bits per heavy atom. The van der Waals surface area contributed by atoms with Crippen molar-refractivity contribution < 1.29 is 28.6 Å². The van der Waals surface area contributed by atoms with Crippen molar-refractivity contribution in [3.63, 3.8) is 0 Å². The van der Waals surface area contributed by atoms with Crippen molar-refractivity contribution in [3.8, 4) is 0 Å². The van der Waals surface area contributed by atoms with E-state index in [9.17, 15) is 14.4 Å². The highest BCUT2D eigenvalue weighted by Crippen LogP contribution is 2.16. The molecular weight excluding hydrogens is 937 g/mol. The van der Waals surface area contributed by atoms with Gasteiger partial charge in [-0.3, -0.25) is 14.4 Å². The zero-order chi connectivity index (χ0) is 55.0. The Labute approximate surface area is 469 Å². The Bertz CT molecular complexity index is 1590. The molecule has 0 bridgehead atoms. The predicted molar refractivity (Wildman–Crippen MR) is 330 cm³/mol. The van der Waals surface area contributed by atoms with Crippen LogP contribution in [0.25, 0.3) is 0 Å². The Hall–Kier alpha value is -4.19. The average molecular weight is 1050 g/mol. The van der Waals surface area contributed by atoms with Crippen molar-refractivity contribution in [2.75, 3.05) is 13.2 Å². The van der Waals surface area contributed by atoms with Crippen molar-refractivity contribution in [2.45, 2.75) is 290 Å². The van der Waals surface area contributed by atoms with E-state index in [4.69, 9.17) is 14.2 Å². The zero-order valence-corrected chi connectivity index (χ0v) is 49.5. The van der Waals surface area contributed by atoms with Crippen LogP contribution >= 0.6 is 0 Å². The van der Waals surface area contributed by atoms with Gasteiger partial charge in [0.05, 0.1) is 0 Å². The lowest BCUT2D eigenvalue weighted by Gasteiger charge is -2.18. The lowest BCUT2D eigenvalue weighted by molar-refractivity contribution is -0.167. The molecule has 0 spiro atoms. The molecular formula is C70H116O6. The molecule has 0 aliphatic heterocycles. The molecule has 0 aliphatic rings. The largest absolute Gasteiger partial charge is 0.462 e. The van der Waals surface area contributed by atoms with Crippen molar-refractivity contribution >= 4 is 17.9 Å². The van der Waals surface area contributed by atoms with Crippen molar-refractivity contribution in [1.29, 1.82) is 0 Å². The van der Waals surface area contributed by atoms with Gasteiger partial charge in [0.25, 0.3) is 0 Å². The third kappa shape index (κ3) is 60.7. The first-order valence-electron chi connectivity index (χ1n) is 31.5. The summed E-state index contributed by atoms with van der Waals surface area (Å²) < 4.78 is 16.9. The van der Waals surface area contributed by atoms with E-state index in [0.717, 1.165) is 116 Å². The standard InChI is InChI=1S/C70H116O6/c1-4-7-10-13-16-19-22-25-27-29-31-33-34-35-36-38-39-41-43-45-48-51-54-57-60-63-69(72)75-66-67(65-74-68(71)62-59-56-53-50-47-24-21-18-15-12-9-6-3)76-70(73)64-61-58-55-52-49-46-44-42-40-37-32-30-28-26-23-20-17-14-11-8-5-2/h7-8,10-11,16-17,19-20,25-28,31-33,37,42,44,49,52,67H,4-6,9,12-15,18,21-24,29-30,34-36,38-41,43,45-48,50-51,53-66H2,1-3H3/b10-7-,11-8-,19-16-,20-17-,27-25-,28-26-,33-31-,37-32-,44-42-,52-49-. The van der Waals surface area contributed by atoms with Gasteiger partial charge in [-0.1, -0.05) is 277 Å². The third-order valence-corrected chi connectivity index (χ3v) is 13.2. The van der Waals surface area contributed by atoms with Gasteiger partial charge >= 0.3 is 17.9 Å². The molecule has 76 heavy (non-hydrogen) atoms. The number of esters is 3. The Morgan fingerprint density at radius 1 is 0.276 bits per heavy atom. The van der Waals surface area contributed by atoms with Crippen molar-refractivity contribution in [1.82, 2.24) is 0 Å². The number of carbonyl (C=O) groups is 3. The summed E-state index contributed by atoms with van der Waals surface area (Å²) in [7, 11) is 0. The van der Waals surface area contributed by atoms with Gasteiger partial charge < -0.3 is 14.2 Å². The maximum Gasteiger partial charge on any atom is 0.306 e. The fourth-order valence-electron chi connectivity index (χ4n) is 8.56. The number of ether oxygens (including phenoxy) is 3. The molecule has 0 heterocycles. The van der Waals surface area contributed by atoms with Crippen LogP contribution in [0.2, 0.25) is 0 Å². The minimum atomic E-state index is -0.804. The second-order valence-corrected chi connectivity index (χ2v) is 20.6. The molecule has 0 aromatic rings. The predicted octanol–water partition coefficient (Wildman–Crippen LogP) is 21.6. The van der Waals surface area contributed by atoms with Crippen LogP contribution in [0.5, 0.6) is 0 Å². The molecule has 1 atom stereocenters. The van der Waals surface area contributed by atoms with Crippen LogP contribution in [-0.4, -0.2) is 37.2 Å². The van der Waals surface area contributed by atoms with Crippen molar-refractivity contribution in [2.24, 2.45) is 0 Å². The summed E-state index contributed by atoms with van der Waals surface area (Å²) in [5.74, 6) is -0.937. The van der Waals surface area contributed by atoms with E-state index in [1.165, 1.54) is 122 Å². The maximum atomic E-state index is 12.9. The Kier molecular flexibility index (Phi) is 59.9. The van der Waals surface area contributed by atoms with E-state index in [1.807, 2.05) is 0 Å². The van der Waals surface area contributed by atoms with Crippen LogP contribution in [0.1, 0.15) is 284 Å². The molecule has 0 aromatic carbocycles. The first kappa shape index (κ1) is 71.8. The molecule has 6 heteroatoms. The van der Waals surface area contributed by atoms with Crippen LogP contribution in [0.4, 0.5) is 0 Å². The van der Waals surface area contributed by atoms with E-state index in [-0.39, 0.29) is 37.5 Å². The van der Waals surface area contributed by atoms with Gasteiger partial charge in [0.15, 0.2) is 6.10 Å². The monoisotopic (exact) mass is 1050 g/mol. The van der Waals surface area contributed by atoms with Gasteiger partial charge in [0.2, 0.25) is 0 Å². The van der Waals surface area contributed by atoms with Gasteiger partial charge in [-0.05, 0) is 109 Å². The summed E-state index contributed by atoms with van der Waals surface area (Å²) in [6.45, 7) is 6.39. The Balaban J connectivity index is 4.38. The first-order chi connectivity index (χ1) is 37.5. The molecule has 0 aromatic heterocycles. The molecule has 0 aliphatic carbocycles. The summed E-state index contributed by atoms with van der Waals surface area (Å²) in [6, 6.07) is 0. The van der Waals surface area contributed by atoms with Gasteiger partial charge in [-0.2, -0.15) is 0 Å². The molecule has 0 saturated heterocycles. The van der Waals surface area contributed by atoms with Crippen LogP contribution in [-0.2, 0) is 28.6 Å². The van der Waals surface area contributed by atoms with Crippen LogP contribution in [0, 0.1) is 0 Å². The van der Waals surface area contributed by atoms with Gasteiger partial charge in [-0.15, -0.1) is 0 Å². The summed E-state index contributed by atoms with van der Waals surface area (Å²) in [6.07, 6.45) is 87.7. The Morgan fingerprint density at radius 2 is 0.513 bits per heavy atom.